The van der Waals surface area contributed by atoms with Gasteiger partial charge in [-0.05, 0) is 45.3 Å². The fourth-order valence-corrected chi connectivity index (χ4v) is 3.03. The summed E-state index contributed by atoms with van der Waals surface area (Å²) in [6, 6.07) is 5.76. The van der Waals surface area contributed by atoms with Gasteiger partial charge in [0, 0.05) is 31.7 Å². The summed E-state index contributed by atoms with van der Waals surface area (Å²) in [4.78, 5) is 4.75. The summed E-state index contributed by atoms with van der Waals surface area (Å²) >= 11 is 5.86. The van der Waals surface area contributed by atoms with Crippen LogP contribution < -0.4 is 5.32 Å². The van der Waals surface area contributed by atoms with Crippen molar-refractivity contribution in [2.24, 2.45) is 0 Å². The van der Waals surface area contributed by atoms with E-state index < -0.39 is 0 Å². The van der Waals surface area contributed by atoms with Gasteiger partial charge in [0.05, 0.1) is 5.02 Å². The van der Waals surface area contributed by atoms with Crippen LogP contribution in [-0.2, 0) is 6.42 Å². The molecule has 2 rings (SSSR count). The summed E-state index contributed by atoms with van der Waals surface area (Å²) in [6.45, 7) is 3.21. The molecule has 0 bridgehead atoms. The SMILES string of the molecule is CNC(Cc1ccc(F)c(Cl)c1)C1CN(C)CCN1C. The van der Waals surface area contributed by atoms with E-state index in [-0.39, 0.29) is 10.8 Å². The zero-order valence-electron chi connectivity index (χ0n) is 12.4. The zero-order valence-corrected chi connectivity index (χ0v) is 13.1. The largest absolute Gasteiger partial charge is 0.315 e. The number of nitrogens with zero attached hydrogens (tertiary/aromatic N) is 2. The van der Waals surface area contributed by atoms with E-state index >= 15 is 0 Å². The van der Waals surface area contributed by atoms with Crippen LogP contribution in [0.1, 0.15) is 5.56 Å². The van der Waals surface area contributed by atoms with Gasteiger partial charge in [0.15, 0.2) is 0 Å². The van der Waals surface area contributed by atoms with Crippen LogP contribution in [0.3, 0.4) is 0 Å². The molecule has 0 radical (unpaired) electrons. The fourth-order valence-electron chi connectivity index (χ4n) is 2.83. The van der Waals surface area contributed by atoms with Crippen molar-refractivity contribution < 1.29 is 4.39 Å². The van der Waals surface area contributed by atoms with Gasteiger partial charge in [0.25, 0.3) is 0 Å². The van der Waals surface area contributed by atoms with Crippen LogP contribution in [0.2, 0.25) is 5.02 Å². The number of hydrogen-bond acceptors (Lipinski definition) is 3. The quantitative estimate of drug-likeness (QED) is 0.915. The second kappa shape index (κ2) is 6.85. The van der Waals surface area contributed by atoms with Crippen molar-refractivity contribution in [2.45, 2.75) is 18.5 Å². The third kappa shape index (κ3) is 3.70. The lowest BCUT2D eigenvalue weighted by Crippen LogP contribution is -2.58. The van der Waals surface area contributed by atoms with Gasteiger partial charge in [-0.15, -0.1) is 0 Å². The topological polar surface area (TPSA) is 18.5 Å². The summed E-state index contributed by atoms with van der Waals surface area (Å²) in [5, 5.41) is 3.60. The Morgan fingerprint density at radius 3 is 2.80 bits per heavy atom. The van der Waals surface area contributed by atoms with Crippen molar-refractivity contribution in [3.63, 3.8) is 0 Å². The second-order valence-corrected chi connectivity index (χ2v) is 6.07. The average molecular weight is 300 g/mol. The van der Waals surface area contributed by atoms with E-state index in [4.69, 9.17) is 11.6 Å². The minimum absolute atomic E-state index is 0.200. The molecule has 2 atom stereocenters. The average Bonchev–Trinajstić information content (AvgIpc) is 2.43. The molecule has 1 aliphatic heterocycles. The van der Waals surface area contributed by atoms with E-state index in [0.29, 0.717) is 12.1 Å². The first kappa shape index (κ1) is 15.7. The molecule has 1 aromatic carbocycles. The highest BCUT2D eigenvalue weighted by molar-refractivity contribution is 6.30. The first-order valence-corrected chi connectivity index (χ1v) is 7.39. The molecule has 2 unspecified atom stereocenters. The molecule has 0 aromatic heterocycles. The van der Waals surface area contributed by atoms with Crippen molar-refractivity contribution in [2.75, 3.05) is 40.8 Å². The van der Waals surface area contributed by atoms with Crippen LogP contribution >= 0.6 is 11.6 Å². The second-order valence-electron chi connectivity index (χ2n) is 5.66. The highest BCUT2D eigenvalue weighted by atomic mass is 35.5. The Kier molecular flexibility index (Phi) is 5.38. The Balaban J connectivity index is 2.09. The molecule has 0 saturated carbocycles. The maximum Gasteiger partial charge on any atom is 0.141 e. The normalized spacial score (nSPS) is 22.9. The lowest BCUT2D eigenvalue weighted by atomic mass is 9.96. The van der Waals surface area contributed by atoms with Crippen molar-refractivity contribution in [3.05, 3.63) is 34.6 Å². The molecule has 0 spiro atoms. The van der Waals surface area contributed by atoms with Gasteiger partial charge < -0.3 is 10.2 Å². The van der Waals surface area contributed by atoms with Crippen LogP contribution in [-0.4, -0.2) is 62.7 Å². The van der Waals surface area contributed by atoms with Gasteiger partial charge in [0.1, 0.15) is 5.82 Å². The van der Waals surface area contributed by atoms with E-state index in [2.05, 4.69) is 29.2 Å². The van der Waals surface area contributed by atoms with E-state index in [1.165, 1.54) is 6.07 Å². The van der Waals surface area contributed by atoms with Gasteiger partial charge in [0.2, 0.25) is 0 Å². The summed E-state index contributed by atoms with van der Waals surface area (Å²) < 4.78 is 13.2. The van der Waals surface area contributed by atoms with Gasteiger partial charge in [-0.25, -0.2) is 4.39 Å². The minimum Gasteiger partial charge on any atom is -0.315 e. The number of rotatable bonds is 4. The maximum atomic E-state index is 13.2. The smallest absolute Gasteiger partial charge is 0.141 e. The lowest BCUT2D eigenvalue weighted by molar-refractivity contribution is 0.0897. The summed E-state index contributed by atoms with van der Waals surface area (Å²) in [7, 11) is 6.30. The van der Waals surface area contributed by atoms with Crippen molar-refractivity contribution in [1.82, 2.24) is 15.1 Å². The van der Waals surface area contributed by atoms with E-state index in [1.54, 1.807) is 6.07 Å². The lowest BCUT2D eigenvalue weighted by Gasteiger charge is -2.42. The molecule has 0 amide bonds. The molecule has 112 valence electrons. The third-order valence-electron chi connectivity index (χ3n) is 4.17. The first-order chi connectivity index (χ1) is 9.51. The Labute approximate surface area is 125 Å². The molecule has 5 heteroatoms. The van der Waals surface area contributed by atoms with Crippen molar-refractivity contribution >= 4 is 11.6 Å². The number of hydrogen-bond donors (Lipinski definition) is 1. The maximum absolute atomic E-state index is 13.2. The molecule has 1 aliphatic rings. The molecule has 20 heavy (non-hydrogen) atoms. The standard InChI is InChI=1S/C15H23ClFN3/c1-18-14(15-10-19(2)6-7-20(15)3)9-11-4-5-13(17)12(16)8-11/h4-5,8,14-15,18H,6-7,9-10H2,1-3H3. The van der Waals surface area contributed by atoms with Crippen LogP contribution in [0.15, 0.2) is 18.2 Å². The van der Waals surface area contributed by atoms with E-state index in [1.807, 2.05) is 13.1 Å². The molecule has 1 saturated heterocycles. The van der Waals surface area contributed by atoms with Crippen molar-refractivity contribution in [1.29, 1.82) is 0 Å². The van der Waals surface area contributed by atoms with Crippen LogP contribution in [0, 0.1) is 5.82 Å². The van der Waals surface area contributed by atoms with E-state index in [9.17, 15) is 4.39 Å². The van der Waals surface area contributed by atoms with Crippen LogP contribution in [0.5, 0.6) is 0 Å². The van der Waals surface area contributed by atoms with Crippen LogP contribution in [0.4, 0.5) is 4.39 Å². The van der Waals surface area contributed by atoms with Gasteiger partial charge in [-0.2, -0.15) is 0 Å². The van der Waals surface area contributed by atoms with Crippen LogP contribution in [0.25, 0.3) is 0 Å². The molecule has 1 N–H and O–H groups in total. The van der Waals surface area contributed by atoms with Gasteiger partial charge >= 0.3 is 0 Å². The highest BCUT2D eigenvalue weighted by Crippen LogP contribution is 2.19. The Hall–Kier alpha value is -0.680. The Bertz CT molecular complexity index is 455. The first-order valence-electron chi connectivity index (χ1n) is 7.01. The third-order valence-corrected chi connectivity index (χ3v) is 4.46. The number of nitrogens with one attached hydrogen (secondary N) is 1. The zero-order chi connectivity index (χ0) is 14.7. The van der Waals surface area contributed by atoms with Gasteiger partial charge in [-0.1, -0.05) is 17.7 Å². The molecule has 0 aliphatic carbocycles. The molecule has 1 heterocycles. The van der Waals surface area contributed by atoms with E-state index in [0.717, 1.165) is 31.6 Å². The Morgan fingerprint density at radius 2 is 2.15 bits per heavy atom. The predicted octanol–water partition coefficient (Wildman–Crippen LogP) is 1.86. The fraction of sp³-hybridized carbons (Fsp3) is 0.600. The molecular weight excluding hydrogens is 277 g/mol. The molecule has 1 aromatic rings. The molecular formula is C15H23ClFN3. The van der Waals surface area contributed by atoms with Gasteiger partial charge in [-0.3, -0.25) is 4.90 Å². The Morgan fingerprint density at radius 1 is 1.40 bits per heavy atom. The summed E-state index contributed by atoms with van der Waals surface area (Å²) in [5.74, 6) is -0.356. The monoisotopic (exact) mass is 299 g/mol. The van der Waals surface area contributed by atoms with Crippen molar-refractivity contribution in [3.8, 4) is 0 Å². The number of piperazine rings is 1. The number of halogens is 2. The molecule has 3 nitrogen and oxygen atoms in total. The molecule has 1 fully saturated rings. The highest BCUT2D eigenvalue weighted by Gasteiger charge is 2.29. The number of benzene rings is 1. The number of likely N-dealkylation sites (N-methyl/N-ethyl adjacent to an activating group) is 3. The summed E-state index contributed by atoms with van der Waals surface area (Å²) in [6.07, 6.45) is 0.847. The minimum atomic E-state index is -0.356. The summed E-state index contributed by atoms with van der Waals surface area (Å²) in [5.41, 5.74) is 1.07. The predicted molar refractivity (Wildman–Crippen MR) is 81.9 cm³/mol.